The fraction of sp³-hybridized carbons (Fsp3) is 0.143. The summed E-state index contributed by atoms with van der Waals surface area (Å²) in [7, 11) is 1.53. The highest BCUT2D eigenvalue weighted by Gasteiger charge is 2.00. The second kappa shape index (κ2) is 4.49. The van der Waals surface area contributed by atoms with Crippen molar-refractivity contribution in [2.45, 2.75) is 0 Å². The lowest BCUT2D eigenvalue weighted by molar-refractivity contribution is -0.117. The molecule has 56 valence electrons. The van der Waals surface area contributed by atoms with Gasteiger partial charge in [0.15, 0.2) is 0 Å². The second-order valence-electron chi connectivity index (χ2n) is 1.52. The molecule has 0 aromatic rings. The van der Waals surface area contributed by atoms with E-state index in [-0.39, 0.29) is 13.0 Å². The smallest absolute Gasteiger partial charge is 0.269 e. The fourth-order valence-electron chi connectivity index (χ4n) is 0.440. The third-order valence-corrected chi connectivity index (χ3v) is 0.906. The van der Waals surface area contributed by atoms with Gasteiger partial charge in [-0.05, 0) is 12.8 Å². The molecule has 10 heavy (non-hydrogen) atoms. The zero-order valence-electron chi connectivity index (χ0n) is 5.92. The van der Waals surface area contributed by atoms with Gasteiger partial charge >= 0.3 is 0 Å². The van der Waals surface area contributed by atoms with Crippen LogP contribution in [0.4, 0.5) is 0 Å². The number of nitrogens with one attached hydrogen (secondary N) is 1. The van der Waals surface area contributed by atoms with Crippen LogP contribution in [0.3, 0.4) is 0 Å². The van der Waals surface area contributed by atoms with Crippen molar-refractivity contribution < 1.29 is 6.22 Å². The first-order chi connectivity index (χ1) is 4.76. The molecule has 0 saturated heterocycles. The molecule has 0 aliphatic heterocycles. The minimum absolute atomic E-state index is 0. The molecule has 0 unspecified atom stereocenters. The van der Waals surface area contributed by atoms with E-state index < -0.39 is 0 Å². The van der Waals surface area contributed by atoms with Crippen LogP contribution in [-0.4, -0.2) is 19.7 Å². The summed E-state index contributed by atoms with van der Waals surface area (Å²) in [5, 5.41) is 2.41. The van der Waals surface area contributed by atoms with Crippen molar-refractivity contribution >= 4 is 12.6 Å². The maximum Gasteiger partial charge on any atom is 0.269 e. The van der Waals surface area contributed by atoms with Gasteiger partial charge in [0.2, 0.25) is 0 Å². The molecule has 0 rings (SSSR count). The van der Waals surface area contributed by atoms with E-state index in [0.29, 0.717) is 0 Å². The molecule has 0 spiro atoms. The van der Waals surface area contributed by atoms with Crippen LogP contribution in [0, 0.1) is 0 Å². The summed E-state index contributed by atoms with van der Waals surface area (Å²) in [6.07, 6.45) is 2.98. The fourth-order valence-corrected chi connectivity index (χ4v) is 0.440. The molecule has 0 saturated carbocycles. The van der Waals surface area contributed by atoms with Gasteiger partial charge < -0.3 is 5.32 Å². The SMILES string of the molecule is C=C/C=C(\N=C)C(=O)NC.[HH]. The quantitative estimate of drug-likeness (QED) is 0.351. The van der Waals surface area contributed by atoms with Crippen LogP contribution < -0.4 is 5.32 Å². The minimum Gasteiger partial charge on any atom is -0.354 e. The van der Waals surface area contributed by atoms with E-state index in [2.05, 4.69) is 23.6 Å². The van der Waals surface area contributed by atoms with Gasteiger partial charge in [0.05, 0.1) is 0 Å². The summed E-state index contributed by atoms with van der Waals surface area (Å²) < 4.78 is 0. The number of nitrogens with zero attached hydrogens (tertiary/aromatic N) is 1. The Balaban J connectivity index is 0. The lowest BCUT2D eigenvalue weighted by Crippen LogP contribution is -2.18. The number of amides is 1. The number of rotatable bonds is 3. The number of carbonyl (C=O) groups excluding carboxylic acids is 1. The summed E-state index contributed by atoms with van der Waals surface area (Å²) in [6.45, 7) is 6.64. The van der Waals surface area contributed by atoms with Crippen molar-refractivity contribution in [3.63, 3.8) is 0 Å². The first-order valence-electron chi connectivity index (χ1n) is 2.77. The highest BCUT2D eigenvalue weighted by molar-refractivity contribution is 5.93. The Morgan fingerprint density at radius 3 is 2.70 bits per heavy atom. The Morgan fingerprint density at radius 1 is 1.80 bits per heavy atom. The van der Waals surface area contributed by atoms with E-state index in [0.717, 1.165) is 0 Å². The van der Waals surface area contributed by atoms with Gasteiger partial charge in [0.1, 0.15) is 5.70 Å². The van der Waals surface area contributed by atoms with Crippen molar-refractivity contribution in [3.05, 3.63) is 24.4 Å². The molecule has 0 aromatic heterocycles. The Hall–Kier alpha value is -1.38. The predicted octanol–water partition coefficient (Wildman–Crippen LogP) is 0.749. The first-order valence-corrected chi connectivity index (χ1v) is 2.77. The number of hydrogen-bond acceptors (Lipinski definition) is 2. The normalized spacial score (nSPS) is 10.3. The minimum atomic E-state index is -0.255. The van der Waals surface area contributed by atoms with E-state index in [1.807, 2.05) is 0 Å². The standard InChI is InChI=1S/C7H10N2O.H2/c1-4-5-6(8-2)7(10)9-3;/h4-5H,1-2H2,3H3,(H,9,10);1H/b6-5-;. The molecule has 0 radical (unpaired) electrons. The molecule has 1 amide bonds. The van der Waals surface area contributed by atoms with Crippen molar-refractivity contribution in [1.82, 2.24) is 5.32 Å². The average molecular weight is 140 g/mol. The highest BCUT2D eigenvalue weighted by Crippen LogP contribution is 1.93. The monoisotopic (exact) mass is 140 g/mol. The molecule has 3 heteroatoms. The Kier molecular flexibility index (Phi) is 3.87. The van der Waals surface area contributed by atoms with Crippen LogP contribution in [0.5, 0.6) is 0 Å². The molecule has 0 aliphatic rings. The summed E-state index contributed by atoms with van der Waals surface area (Å²) in [6, 6.07) is 0. The molecule has 0 aromatic carbocycles. The Bertz CT molecular complexity index is 187. The summed E-state index contributed by atoms with van der Waals surface area (Å²) in [4.78, 5) is 14.2. The largest absolute Gasteiger partial charge is 0.354 e. The van der Waals surface area contributed by atoms with E-state index in [1.165, 1.54) is 19.2 Å². The van der Waals surface area contributed by atoms with Crippen LogP contribution >= 0.6 is 0 Å². The molecule has 3 nitrogen and oxygen atoms in total. The maximum absolute atomic E-state index is 10.8. The van der Waals surface area contributed by atoms with E-state index >= 15 is 0 Å². The predicted molar refractivity (Wildman–Crippen MR) is 44.0 cm³/mol. The third kappa shape index (κ3) is 2.26. The third-order valence-electron chi connectivity index (χ3n) is 0.906. The number of aliphatic imine (C=N–C) groups is 1. The van der Waals surface area contributed by atoms with Crippen molar-refractivity contribution in [1.29, 1.82) is 0 Å². The second-order valence-corrected chi connectivity index (χ2v) is 1.52. The van der Waals surface area contributed by atoms with Crippen molar-refractivity contribution in [2.75, 3.05) is 7.05 Å². The molecule has 0 heterocycles. The zero-order valence-corrected chi connectivity index (χ0v) is 5.92. The van der Waals surface area contributed by atoms with Gasteiger partial charge in [-0.2, -0.15) is 0 Å². The molecular weight excluding hydrogens is 128 g/mol. The van der Waals surface area contributed by atoms with E-state index in [9.17, 15) is 4.79 Å². The lowest BCUT2D eigenvalue weighted by Gasteiger charge is -1.95. The molecule has 0 fully saturated rings. The Morgan fingerprint density at radius 2 is 2.40 bits per heavy atom. The summed E-state index contributed by atoms with van der Waals surface area (Å²) in [5.74, 6) is -0.255. The maximum atomic E-state index is 10.8. The molecule has 0 aliphatic carbocycles. The van der Waals surface area contributed by atoms with Gasteiger partial charge in [-0.3, -0.25) is 9.79 Å². The van der Waals surface area contributed by atoms with Gasteiger partial charge in [-0.15, -0.1) is 0 Å². The van der Waals surface area contributed by atoms with Crippen LogP contribution in [0.2, 0.25) is 0 Å². The van der Waals surface area contributed by atoms with E-state index in [1.54, 1.807) is 0 Å². The molecule has 0 bridgehead atoms. The van der Waals surface area contributed by atoms with Crippen LogP contribution in [-0.2, 0) is 4.79 Å². The van der Waals surface area contributed by atoms with Gasteiger partial charge in [0.25, 0.3) is 5.91 Å². The van der Waals surface area contributed by atoms with E-state index in [4.69, 9.17) is 0 Å². The highest BCUT2D eigenvalue weighted by atomic mass is 16.1. The molecule has 1 N–H and O–H groups in total. The van der Waals surface area contributed by atoms with Gasteiger partial charge in [-0.25, -0.2) is 0 Å². The number of hydrogen-bond donors (Lipinski definition) is 1. The summed E-state index contributed by atoms with van der Waals surface area (Å²) >= 11 is 0. The van der Waals surface area contributed by atoms with Gasteiger partial charge in [-0.1, -0.05) is 12.7 Å². The van der Waals surface area contributed by atoms with Crippen LogP contribution in [0.25, 0.3) is 0 Å². The van der Waals surface area contributed by atoms with Crippen LogP contribution in [0.15, 0.2) is 29.4 Å². The molecular formula is C7H12N2O. The summed E-state index contributed by atoms with van der Waals surface area (Å²) in [5.41, 5.74) is 0.275. The number of likely N-dealkylation sites (N-methyl/N-ethyl adjacent to an activating group) is 1. The molecule has 0 atom stereocenters. The number of allylic oxidation sites excluding steroid dienone is 2. The number of carbonyl (C=O) groups is 1. The van der Waals surface area contributed by atoms with Crippen molar-refractivity contribution in [3.8, 4) is 0 Å². The van der Waals surface area contributed by atoms with Gasteiger partial charge in [0, 0.05) is 8.47 Å². The first kappa shape index (κ1) is 8.62. The zero-order chi connectivity index (χ0) is 7.98. The average Bonchev–Trinajstić information content (AvgIpc) is 1.99. The Labute approximate surface area is 61.6 Å². The van der Waals surface area contributed by atoms with Crippen LogP contribution in [0.1, 0.15) is 1.43 Å². The lowest BCUT2D eigenvalue weighted by atomic mass is 10.4. The topological polar surface area (TPSA) is 41.5 Å². The van der Waals surface area contributed by atoms with Crippen molar-refractivity contribution in [2.24, 2.45) is 4.99 Å².